The molecule has 0 amide bonds. The molecule has 3 N–H and O–H groups in total. The second-order valence-electron chi connectivity index (χ2n) is 6.16. The molecule has 0 heterocycles. The van der Waals surface area contributed by atoms with E-state index in [0.29, 0.717) is 22.4 Å². The normalized spacial score (nSPS) is 11.7. The van der Waals surface area contributed by atoms with Gasteiger partial charge in [-0.05, 0) is 30.4 Å². The van der Waals surface area contributed by atoms with E-state index in [1.807, 2.05) is 24.3 Å². The number of benzene rings is 2. The molecule has 1 atom stereocenters. The quantitative estimate of drug-likeness (QED) is 0.370. The number of anilines is 1. The molecule has 7 nitrogen and oxygen atoms in total. The van der Waals surface area contributed by atoms with Gasteiger partial charge in [0.15, 0.2) is 5.11 Å². The molecule has 0 spiro atoms. The van der Waals surface area contributed by atoms with Crippen molar-refractivity contribution in [2.45, 2.75) is 6.04 Å². The number of nitrogens with one attached hydrogen (secondary N) is 3. The van der Waals surface area contributed by atoms with Crippen LogP contribution in [0.25, 0.3) is 0 Å². The third-order valence-electron chi connectivity index (χ3n) is 4.07. The van der Waals surface area contributed by atoms with Crippen molar-refractivity contribution in [3.63, 3.8) is 0 Å². The topological polar surface area (TPSA) is 80.9 Å². The first-order valence-corrected chi connectivity index (χ1v) is 9.03. The van der Waals surface area contributed by atoms with Crippen molar-refractivity contribution in [1.29, 1.82) is 0 Å². The van der Waals surface area contributed by atoms with Gasteiger partial charge < -0.3 is 20.3 Å². The van der Waals surface area contributed by atoms with Crippen molar-refractivity contribution in [1.82, 2.24) is 5.32 Å². The molecular weight excluding hydrogens is 388 g/mol. The summed E-state index contributed by atoms with van der Waals surface area (Å²) in [7, 11) is 5.75. The van der Waals surface area contributed by atoms with Crippen molar-refractivity contribution in [3.05, 3.63) is 63.2 Å². The number of hydrogen-bond acceptors (Lipinski definition) is 4. The molecule has 0 aliphatic heterocycles. The number of halogens is 1. The summed E-state index contributed by atoms with van der Waals surface area (Å²) in [6, 6.07) is 12.2. The van der Waals surface area contributed by atoms with Gasteiger partial charge in [0, 0.05) is 17.7 Å². The van der Waals surface area contributed by atoms with E-state index < -0.39 is 4.92 Å². The molecule has 144 valence electrons. The molecule has 0 unspecified atom stereocenters. The van der Waals surface area contributed by atoms with E-state index in [0.717, 1.165) is 11.3 Å². The molecule has 0 aliphatic rings. The lowest BCUT2D eigenvalue weighted by atomic mass is 10.1. The Morgan fingerprint density at radius 1 is 1.33 bits per heavy atom. The Morgan fingerprint density at radius 3 is 2.70 bits per heavy atom. The molecule has 27 heavy (non-hydrogen) atoms. The van der Waals surface area contributed by atoms with E-state index in [4.69, 9.17) is 28.6 Å². The summed E-state index contributed by atoms with van der Waals surface area (Å²) in [6.07, 6.45) is 0. The van der Waals surface area contributed by atoms with E-state index in [-0.39, 0.29) is 11.7 Å². The molecule has 9 heteroatoms. The van der Waals surface area contributed by atoms with Crippen LogP contribution in [0.15, 0.2) is 42.5 Å². The van der Waals surface area contributed by atoms with Crippen LogP contribution in [0.3, 0.4) is 0 Å². The van der Waals surface area contributed by atoms with Gasteiger partial charge in [-0.3, -0.25) is 10.1 Å². The molecule has 0 saturated carbocycles. The Labute approximate surface area is 168 Å². The predicted molar refractivity (Wildman–Crippen MR) is 111 cm³/mol. The first-order chi connectivity index (χ1) is 12.8. The van der Waals surface area contributed by atoms with Crippen LogP contribution < -0.4 is 20.3 Å². The molecule has 0 aromatic heterocycles. The maximum absolute atomic E-state index is 10.9. The van der Waals surface area contributed by atoms with Crippen molar-refractivity contribution in [2.24, 2.45) is 0 Å². The highest BCUT2D eigenvalue weighted by Crippen LogP contribution is 2.26. The number of non-ortho nitro benzene ring substituents is 1. The number of rotatable bonds is 7. The number of hydrogen-bond donors (Lipinski definition) is 3. The average molecular weight is 410 g/mol. The van der Waals surface area contributed by atoms with Gasteiger partial charge in [0.05, 0.1) is 43.4 Å². The summed E-state index contributed by atoms with van der Waals surface area (Å²) in [5, 5.41) is 17.7. The van der Waals surface area contributed by atoms with E-state index >= 15 is 0 Å². The summed E-state index contributed by atoms with van der Waals surface area (Å²) in [6.45, 7) is 0.563. The van der Waals surface area contributed by atoms with E-state index in [1.165, 1.54) is 23.1 Å². The summed E-state index contributed by atoms with van der Waals surface area (Å²) >= 11 is 11.4. The zero-order valence-electron chi connectivity index (χ0n) is 15.3. The van der Waals surface area contributed by atoms with Gasteiger partial charge in [0.1, 0.15) is 11.8 Å². The van der Waals surface area contributed by atoms with Gasteiger partial charge in [0.25, 0.3) is 5.69 Å². The lowest BCUT2D eigenvalue weighted by Crippen LogP contribution is -3.07. The molecule has 0 fully saturated rings. The van der Waals surface area contributed by atoms with Crippen LogP contribution in [0.4, 0.5) is 11.4 Å². The Kier molecular flexibility index (Phi) is 7.35. The van der Waals surface area contributed by atoms with E-state index in [2.05, 4.69) is 24.7 Å². The van der Waals surface area contributed by atoms with Crippen molar-refractivity contribution in [2.75, 3.05) is 33.1 Å². The van der Waals surface area contributed by atoms with Crippen LogP contribution >= 0.6 is 23.8 Å². The zero-order chi connectivity index (χ0) is 20.0. The van der Waals surface area contributed by atoms with Crippen LogP contribution in [-0.4, -0.2) is 37.8 Å². The number of nitrogens with zero attached hydrogens (tertiary/aromatic N) is 1. The Bertz CT molecular complexity index is 832. The third kappa shape index (κ3) is 5.78. The number of methoxy groups -OCH3 is 1. The molecule has 0 bridgehead atoms. The number of nitro groups is 1. The third-order valence-corrected chi connectivity index (χ3v) is 4.64. The van der Waals surface area contributed by atoms with Crippen LogP contribution in [-0.2, 0) is 0 Å². The number of nitro benzene ring substituents is 1. The van der Waals surface area contributed by atoms with Crippen LogP contribution in [0.1, 0.15) is 11.6 Å². The Balaban J connectivity index is 2.06. The minimum Gasteiger partial charge on any atom is -0.497 e. The highest BCUT2D eigenvalue weighted by atomic mass is 35.5. The lowest BCUT2D eigenvalue weighted by Gasteiger charge is -2.23. The molecular formula is C18H22ClN4O3S+. The molecule has 0 radical (unpaired) electrons. The van der Waals surface area contributed by atoms with Crippen molar-refractivity contribution >= 4 is 40.3 Å². The first-order valence-electron chi connectivity index (χ1n) is 8.24. The van der Waals surface area contributed by atoms with Crippen LogP contribution in [0.5, 0.6) is 5.75 Å². The molecule has 2 aromatic rings. The molecule has 0 aliphatic carbocycles. The van der Waals surface area contributed by atoms with Crippen LogP contribution in [0, 0.1) is 10.1 Å². The number of ether oxygens (including phenoxy) is 1. The predicted octanol–water partition coefficient (Wildman–Crippen LogP) is 2.43. The second kappa shape index (κ2) is 9.50. The SMILES string of the molecule is COc1cccc([C@@H](CNC(=S)Nc2cc([N+](=O)[O-])ccc2Cl)[NH+](C)C)c1. The van der Waals surface area contributed by atoms with Gasteiger partial charge in [-0.1, -0.05) is 23.7 Å². The van der Waals surface area contributed by atoms with Gasteiger partial charge in [0.2, 0.25) is 0 Å². The summed E-state index contributed by atoms with van der Waals surface area (Å²) < 4.78 is 5.30. The lowest BCUT2D eigenvalue weighted by molar-refractivity contribution is -0.890. The smallest absolute Gasteiger partial charge is 0.271 e. The monoisotopic (exact) mass is 409 g/mol. The maximum atomic E-state index is 10.9. The van der Waals surface area contributed by atoms with Gasteiger partial charge in [-0.25, -0.2) is 0 Å². The molecule has 2 aromatic carbocycles. The fraction of sp³-hybridized carbons (Fsp3) is 0.278. The largest absolute Gasteiger partial charge is 0.497 e. The maximum Gasteiger partial charge on any atom is 0.271 e. The zero-order valence-corrected chi connectivity index (χ0v) is 16.9. The minimum atomic E-state index is -0.480. The van der Waals surface area contributed by atoms with Crippen LogP contribution in [0.2, 0.25) is 5.02 Å². The first kappa shape index (κ1) is 20.9. The number of thiocarbonyl (C=S) groups is 1. The van der Waals surface area contributed by atoms with Gasteiger partial charge in [-0.2, -0.15) is 0 Å². The summed E-state index contributed by atoms with van der Waals surface area (Å²) in [5.74, 6) is 0.794. The summed E-state index contributed by atoms with van der Waals surface area (Å²) in [4.78, 5) is 11.7. The Hall–Kier alpha value is -2.42. The van der Waals surface area contributed by atoms with Crippen molar-refractivity contribution in [3.8, 4) is 5.75 Å². The molecule has 0 saturated heterocycles. The van der Waals surface area contributed by atoms with E-state index in [1.54, 1.807) is 7.11 Å². The number of quaternary nitrogens is 1. The summed E-state index contributed by atoms with van der Waals surface area (Å²) in [5.41, 5.74) is 1.44. The molecule has 2 rings (SSSR count). The Morgan fingerprint density at radius 2 is 2.07 bits per heavy atom. The standard InChI is InChI=1S/C18H21ClN4O3S/c1-22(2)17(12-5-4-6-14(9-12)26-3)11-20-18(27)21-16-10-13(23(24)25)7-8-15(16)19/h4-10,17H,11H2,1-3H3,(H2,20,21,27)/p+1/t17-/m1/s1. The van der Waals surface area contributed by atoms with Crippen molar-refractivity contribution < 1.29 is 14.6 Å². The second-order valence-corrected chi connectivity index (χ2v) is 6.98. The number of likely N-dealkylation sites (N-methyl/N-ethyl adjacent to an activating group) is 1. The average Bonchev–Trinajstić information content (AvgIpc) is 2.63. The highest BCUT2D eigenvalue weighted by Gasteiger charge is 2.19. The van der Waals surface area contributed by atoms with Gasteiger partial charge in [-0.15, -0.1) is 0 Å². The van der Waals surface area contributed by atoms with E-state index in [9.17, 15) is 10.1 Å². The fourth-order valence-electron chi connectivity index (χ4n) is 2.60. The highest BCUT2D eigenvalue weighted by molar-refractivity contribution is 7.80. The minimum absolute atomic E-state index is 0.0586. The van der Waals surface area contributed by atoms with Gasteiger partial charge >= 0.3 is 0 Å². The fourth-order valence-corrected chi connectivity index (χ4v) is 2.96.